The van der Waals surface area contributed by atoms with E-state index < -0.39 is 27.3 Å². The first kappa shape index (κ1) is 22.9. The van der Waals surface area contributed by atoms with Crippen molar-refractivity contribution < 1.29 is 17.6 Å². The number of aromatic nitrogens is 2. The number of carbonyl (C=O) groups is 1. The summed E-state index contributed by atoms with van der Waals surface area (Å²) in [6.07, 6.45) is 0. The highest BCUT2D eigenvalue weighted by atomic mass is 32.2. The fraction of sp³-hybridized carbons (Fsp3) is 0.364. The normalized spacial score (nSPS) is 12.5. The van der Waals surface area contributed by atoms with E-state index in [1.165, 1.54) is 10.4 Å². The number of amides is 1. The zero-order valence-electron chi connectivity index (χ0n) is 18.3. The summed E-state index contributed by atoms with van der Waals surface area (Å²) >= 11 is 0. The Hall–Kier alpha value is -2.78. The summed E-state index contributed by atoms with van der Waals surface area (Å²) in [5.74, 6) is -1.32. The number of imidazole rings is 1. The van der Waals surface area contributed by atoms with Crippen LogP contribution in [0.2, 0.25) is 0 Å². The molecule has 0 fully saturated rings. The van der Waals surface area contributed by atoms with Gasteiger partial charge >= 0.3 is 0 Å². The van der Waals surface area contributed by atoms with E-state index in [0.717, 1.165) is 17.6 Å². The van der Waals surface area contributed by atoms with Gasteiger partial charge in [0.1, 0.15) is 5.82 Å². The van der Waals surface area contributed by atoms with Gasteiger partial charge in [-0.1, -0.05) is 26.0 Å². The average Bonchev–Trinajstić information content (AvgIpc) is 3.06. The standard InChI is InChI=1S/C22H27FN4O3S/c1-6-26(7-2)31(29,30)15-12-13-17(23)16(14-15)20(28)25-21-24-18-10-8-9-11-19(18)27(21)22(3,4)5/h8-14H,6-7H2,1-5H3,(H,24,25,28). The number of anilines is 1. The first-order valence-electron chi connectivity index (χ1n) is 10.1. The fourth-order valence-electron chi connectivity index (χ4n) is 3.51. The molecule has 7 nitrogen and oxygen atoms in total. The number of nitrogens with zero attached hydrogens (tertiary/aromatic N) is 3. The number of fused-ring (bicyclic) bond motifs is 1. The van der Waals surface area contributed by atoms with Crippen LogP contribution >= 0.6 is 0 Å². The van der Waals surface area contributed by atoms with Crippen molar-refractivity contribution in [3.63, 3.8) is 0 Å². The van der Waals surface area contributed by atoms with E-state index in [-0.39, 0.29) is 29.5 Å². The largest absolute Gasteiger partial charge is 0.305 e. The summed E-state index contributed by atoms with van der Waals surface area (Å²) in [6.45, 7) is 9.88. The number of hydrogen-bond acceptors (Lipinski definition) is 4. The Labute approximate surface area is 181 Å². The van der Waals surface area contributed by atoms with Crippen LogP contribution in [0.3, 0.4) is 0 Å². The summed E-state index contributed by atoms with van der Waals surface area (Å²) in [6, 6.07) is 10.7. The third-order valence-corrected chi connectivity index (χ3v) is 7.03. The maximum absolute atomic E-state index is 14.5. The summed E-state index contributed by atoms with van der Waals surface area (Å²) in [5.41, 5.74) is 0.737. The van der Waals surface area contributed by atoms with Gasteiger partial charge < -0.3 is 4.57 Å². The quantitative estimate of drug-likeness (QED) is 0.615. The Morgan fingerprint density at radius 3 is 2.39 bits per heavy atom. The van der Waals surface area contributed by atoms with Crippen LogP contribution in [0.1, 0.15) is 45.0 Å². The number of halogens is 1. The van der Waals surface area contributed by atoms with Crippen molar-refractivity contribution in [2.75, 3.05) is 18.4 Å². The second-order valence-electron chi connectivity index (χ2n) is 8.12. The average molecular weight is 447 g/mol. The van der Waals surface area contributed by atoms with E-state index in [2.05, 4.69) is 10.3 Å². The van der Waals surface area contributed by atoms with Crippen LogP contribution in [0.5, 0.6) is 0 Å². The SMILES string of the molecule is CCN(CC)S(=O)(=O)c1ccc(F)c(C(=O)Nc2nc3ccccc3n2C(C)(C)C)c1. The Balaban J connectivity index is 2.04. The molecule has 31 heavy (non-hydrogen) atoms. The highest BCUT2D eigenvalue weighted by Gasteiger charge is 2.26. The topological polar surface area (TPSA) is 84.3 Å². The highest BCUT2D eigenvalue weighted by Crippen LogP contribution is 2.28. The second kappa shape index (κ2) is 8.39. The van der Waals surface area contributed by atoms with Gasteiger partial charge in [-0.25, -0.2) is 17.8 Å². The van der Waals surface area contributed by atoms with Crippen molar-refractivity contribution in [2.24, 2.45) is 0 Å². The molecule has 3 aromatic rings. The molecule has 0 bridgehead atoms. The number of benzene rings is 2. The van der Waals surface area contributed by atoms with Crippen molar-refractivity contribution in [3.8, 4) is 0 Å². The molecule has 0 aliphatic carbocycles. The molecule has 0 saturated heterocycles. The second-order valence-corrected chi connectivity index (χ2v) is 10.1. The molecule has 0 aliphatic heterocycles. The van der Waals surface area contributed by atoms with E-state index in [4.69, 9.17) is 0 Å². The molecule has 2 aromatic carbocycles. The van der Waals surface area contributed by atoms with Crippen LogP contribution in [0.15, 0.2) is 47.4 Å². The third kappa shape index (κ3) is 4.33. The van der Waals surface area contributed by atoms with Gasteiger partial charge in [-0.15, -0.1) is 0 Å². The highest BCUT2D eigenvalue weighted by molar-refractivity contribution is 7.89. The molecule has 0 unspecified atom stereocenters. The van der Waals surface area contributed by atoms with Gasteiger partial charge in [0, 0.05) is 18.6 Å². The van der Waals surface area contributed by atoms with Gasteiger partial charge in [0.2, 0.25) is 16.0 Å². The summed E-state index contributed by atoms with van der Waals surface area (Å²) in [4.78, 5) is 17.3. The molecule has 1 heterocycles. The lowest BCUT2D eigenvalue weighted by molar-refractivity contribution is 0.102. The van der Waals surface area contributed by atoms with Crippen molar-refractivity contribution >= 4 is 32.9 Å². The molecule has 1 amide bonds. The molecule has 0 saturated carbocycles. The van der Waals surface area contributed by atoms with Crippen LogP contribution in [0.4, 0.5) is 10.3 Å². The lowest BCUT2D eigenvalue weighted by Gasteiger charge is -2.24. The van der Waals surface area contributed by atoms with E-state index in [1.807, 2.05) is 49.6 Å². The lowest BCUT2D eigenvalue weighted by atomic mass is 10.1. The molecule has 0 aliphatic rings. The Kier molecular flexibility index (Phi) is 6.20. The van der Waals surface area contributed by atoms with Crippen molar-refractivity contribution in [1.29, 1.82) is 0 Å². The summed E-state index contributed by atoms with van der Waals surface area (Å²) < 4.78 is 43.2. The minimum absolute atomic E-state index is 0.132. The number of rotatable bonds is 6. The Bertz CT molecular complexity index is 1230. The van der Waals surface area contributed by atoms with Crippen LogP contribution in [0, 0.1) is 5.82 Å². The van der Waals surface area contributed by atoms with Crippen LogP contribution in [0.25, 0.3) is 11.0 Å². The van der Waals surface area contributed by atoms with Crippen molar-refractivity contribution in [3.05, 3.63) is 53.8 Å². The number of para-hydroxylation sites is 2. The maximum atomic E-state index is 14.5. The van der Waals surface area contributed by atoms with Gasteiger partial charge in [0.05, 0.1) is 21.5 Å². The number of sulfonamides is 1. The predicted octanol–water partition coefficient (Wildman–Crippen LogP) is 4.21. The zero-order chi connectivity index (χ0) is 23.0. The smallest absolute Gasteiger partial charge is 0.260 e. The summed E-state index contributed by atoms with van der Waals surface area (Å²) in [7, 11) is -3.83. The molecule has 1 N–H and O–H groups in total. The van der Waals surface area contributed by atoms with Gasteiger partial charge in [-0.2, -0.15) is 4.31 Å². The molecule has 3 rings (SSSR count). The van der Waals surface area contributed by atoms with Gasteiger partial charge in [-0.05, 0) is 51.1 Å². The van der Waals surface area contributed by atoms with Crippen molar-refractivity contribution in [1.82, 2.24) is 13.9 Å². The first-order valence-corrected chi connectivity index (χ1v) is 11.5. The van der Waals surface area contributed by atoms with E-state index in [9.17, 15) is 17.6 Å². The zero-order valence-corrected chi connectivity index (χ0v) is 19.1. The molecule has 0 atom stereocenters. The van der Waals surface area contributed by atoms with E-state index >= 15 is 0 Å². The molecule has 0 radical (unpaired) electrons. The fourth-order valence-corrected chi connectivity index (χ4v) is 4.99. The monoisotopic (exact) mass is 446 g/mol. The molecule has 9 heteroatoms. The third-order valence-electron chi connectivity index (χ3n) is 4.98. The molecule has 0 spiro atoms. The lowest BCUT2D eigenvalue weighted by Crippen LogP contribution is -2.31. The Morgan fingerprint density at radius 2 is 1.77 bits per heavy atom. The number of carbonyl (C=O) groups excluding carboxylic acids is 1. The van der Waals surface area contributed by atoms with Crippen LogP contribution < -0.4 is 5.32 Å². The minimum atomic E-state index is -3.83. The van der Waals surface area contributed by atoms with Gasteiger partial charge in [-0.3, -0.25) is 10.1 Å². The van der Waals surface area contributed by atoms with Gasteiger partial charge in [0.25, 0.3) is 5.91 Å². The molecular weight excluding hydrogens is 419 g/mol. The van der Waals surface area contributed by atoms with Gasteiger partial charge in [0.15, 0.2) is 0 Å². The molecule has 1 aromatic heterocycles. The number of hydrogen-bond donors (Lipinski definition) is 1. The minimum Gasteiger partial charge on any atom is -0.305 e. The Morgan fingerprint density at radius 1 is 1.13 bits per heavy atom. The summed E-state index contributed by atoms with van der Waals surface area (Å²) in [5, 5.41) is 2.66. The van der Waals surface area contributed by atoms with Crippen LogP contribution in [-0.2, 0) is 15.6 Å². The van der Waals surface area contributed by atoms with Crippen molar-refractivity contribution in [2.45, 2.75) is 45.1 Å². The van der Waals surface area contributed by atoms with E-state index in [0.29, 0.717) is 5.52 Å². The molecule has 166 valence electrons. The first-order chi connectivity index (χ1) is 14.5. The van der Waals surface area contributed by atoms with E-state index in [1.54, 1.807) is 13.8 Å². The number of nitrogens with one attached hydrogen (secondary N) is 1. The molecular formula is C22H27FN4O3S. The predicted molar refractivity (Wildman–Crippen MR) is 119 cm³/mol. The maximum Gasteiger partial charge on any atom is 0.260 e. The van der Waals surface area contributed by atoms with Crippen LogP contribution in [-0.4, -0.2) is 41.3 Å².